The van der Waals surface area contributed by atoms with Crippen LogP contribution in [0.5, 0.6) is 0 Å². The topological polar surface area (TPSA) is 79.2 Å². The number of likely N-dealkylation sites (tertiary alicyclic amines) is 1. The third-order valence-corrected chi connectivity index (χ3v) is 2.75. The van der Waals surface area contributed by atoms with Crippen molar-refractivity contribution in [3.63, 3.8) is 0 Å². The van der Waals surface area contributed by atoms with E-state index < -0.39 is 6.09 Å². The predicted octanol–water partition coefficient (Wildman–Crippen LogP) is 0.402. The average Bonchev–Trinajstić information content (AvgIpc) is 2.34. The van der Waals surface area contributed by atoms with Gasteiger partial charge >= 0.3 is 6.09 Å². The monoisotopic (exact) mass is 247 g/mol. The molecule has 2 N–H and O–H groups in total. The highest BCUT2D eigenvalue weighted by Crippen LogP contribution is 2.16. The first-order valence-electron chi connectivity index (χ1n) is 5.98. The summed E-state index contributed by atoms with van der Waals surface area (Å²) in [5.41, 5.74) is 0. The van der Waals surface area contributed by atoms with Crippen LogP contribution < -0.4 is 0 Å². The number of carboxylic acid groups (broad SMARTS) is 1. The first-order valence-corrected chi connectivity index (χ1v) is 5.98. The summed E-state index contributed by atoms with van der Waals surface area (Å²) in [4.78, 5) is 12.2. The highest BCUT2D eigenvalue weighted by molar-refractivity contribution is 5.65. The van der Waals surface area contributed by atoms with Gasteiger partial charge < -0.3 is 24.6 Å². The summed E-state index contributed by atoms with van der Waals surface area (Å²) < 4.78 is 10.5. The van der Waals surface area contributed by atoms with Gasteiger partial charge in [0.05, 0.1) is 33.0 Å². The second kappa shape index (κ2) is 8.27. The van der Waals surface area contributed by atoms with Gasteiger partial charge in [0.1, 0.15) is 0 Å². The molecule has 1 aliphatic heterocycles. The first-order chi connectivity index (χ1) is 8.24. The van der Waals surface area contributed by atoms with Gasteiger partial charge in [-0.1, -0.05) is 0 Å². The van der Waals surface area contributed by atoms with Crippen molar-refractivity contribution >= 4 is 6.09 Å². The van der Waals surface area contributed by atoms with Crippen LogP contribution in [-0.4, -0.2) is 67.3 Å². The van der Waals surface area contributed by atoms with E-state index in [-0.39, 0.29) is 12.5 Å². The molecule has 1 atom stereocenters. The van der Waals surface area contributed by atoms with Gasteiger partial charge in [-0.15, -0.1) is 0 Å². The fourth-order valence-electron chi connectivity index (χ4n) is 1.91. The average molecular weight is 247 g/mol. The Hall–Kier alpha value is -0.850. The number of carbonyl (C=O) groups is 1. The summed E-state index contributed by atoms with van der Waals surface area (Å²) in [5.74, 6) is 0.290. The zero-order chi connectivity index (χ0) is 12.5. The number of aliphatic hydroxyl groups excluding tert-OH is 1. The highest BCUT2D eigenvalue weighted by Gasteiger charge is 2.22. The normalized spacial score (nSPS) is 20.5. The molecule has 0 bridgehead atoms. The largest absolute Gasteiger partial charge is 0.465 e. The molecule has 100 valence electrons. The Morgan fingerprint density at radius 3 is 2.76 bits per heavy atom. The molecule has 0 aromatic rings. The van der Waals surface area contributed by atoms with E-state index in [2.05, 4.69) is 0 Å². The smallest absolute Gasteiger partial charge is 0.407 e. The number of rotatable bonds is 7. The van der Waals surface area contributed by atoms with Crippen molar-refractivity contribution in [2.24, 2.45) is 5.92 Å². The predicted molar refractivity (Wildman–Crippen MR) is 61.0 cm³/mol. The van der Waals surface area contributed by atoms with Crippen LogP contribution in [0.25, 0.3) is 0 Å². The fourth-order valence-corrected chi connectivity index (χ4v) is 1.91. The summed E-state index contributed by atoms with van der Waals surface area (Å²) in [5, 5.41) is 17.3. The molecule has 0 aliphatic carbocycles. The quantitative estimate of drug-likeness (QED) is 0.637. The molecule has 0 saturated carbocycles. The Bertz CT molecular complexity index is 224. The zero-order valence-electron chi connectivity index (χ0n) is 10.0. The van der Waals surface area contributed by atoms with Crippen LogP contribution in [0, 0.1) is 5.92 Å². The number of aliphatic hydroxyl groups is 1. The van der Waals surface area contributed by atoms with E-state index in [1.807, 2.05) is 0 Å². The molecule has 1 rings (SSSR count). The van der Waals surface area contributed by atoms with Crippen LogP contribution in [0.1, 0.15) is 12.8 Å². The minimum Gasteiger partial charge on any atom is -0.465 e. The summed E-state index contributed by atoms with van der Waals surface area (Å²) in [6.07, 6.45) is 1.07. The molecular formula is C11H21NO5. The third-order valence-electron chi connectivity index (χ3n) is 2.75. The van der Waals surface area contributed by atoms with E-state index in [9.17, 15) is 4.79 Å². The third kappa shape index (κ3) is 5.86. The Morgan fingerprint density at radius 2 is 2.06 bits per heavy atom. The Labute approximate surface area is 101 Å². The van der Waals surface area contributed by atoms with Crippen LogP contribution in [-0.2, 0) is 9.47 Å². The summed E-state index contributed by atoms with van der Waals surface area (Å²) in [6.45, 7) is 3.08. The molecule has 0 aromatic heterocycles. The molecule has 0 spiro atoms. The summed E-state index contributed by atoms with van der Waals surface area (Å²) in [7, 11) is 0. The lowest BCUT2D eigenvalue weighted by Crippen LogP contribution is -2.40. The maximum Gasteiger partial charge on any atom is 0.407 e. The van der Waals surface area contributed by atoms with Crippen LogP contribution in [0.2, 0.25) is 0 Å². The number of amides is 1. The molecule has 0 unspecified atom stereocenters. The molecule has 1 saturated heterocycles. The fraction of sp³-hybridized carbons (Fsp3) is 0.909. The maximum atomic E-state index is 10.8. The minimum absolute atomic E-state index is 0.0240. The number of hydrogen-bond donors (Lipinski definition) is 2. The second-order valence-electron chi connectivity index (χ2n) is 4.15. The zero-order valence-corrected chi connectivity index (χ0v) is 10.0. The van der Waals surface area contributed by atoms with Crippen molar-refractivity contribution in [1.82, 2.24) is 4.90 Å². The van der Waals surface area contributed by atoms with E-state index in [0.29, 0.717) is 39.5 Å². The van der Waals surface area contributed by atoms with E-state index in [0.717, 1.165) is 12.8 Å². The molecular weight excluding hydrogens is 226 g/mol. The molecule has 0 aromatic carbocycles. The van der Waals surface area contributed by atoms with Crippen LogP contribution in [0.3, 0.4) is 0 Å². The van der Waals surface area contributed by atoms with Gasteiger partial charge in [-0.05, 0) is 12.8 Å². The van der Waals surface area contributed by atoms with Gasteiger partial charge in [0.2, 0.25) is 0 Å². The van der Waals surface area contributed by atoms with Crippen molar-refractivity contribution < 1.29 is 24.5 Å². The van der Waals surface area contributed by atoms with Crippen molar-refractivity contribution in [2.45, 2.75) is 12.8 Å². The van der Waals surface area contributed by atoms with E-state index >= 15 is 0 Å². The summed E-state index contributed by atoms with van der Waals surface area (Å²) in [6, 6.07) is 0. The van der Waals surface area contributed by atoms with E-state index in [1.54, 1.807) is 0 Å². The molecule has 1 amide bonds. The van der Waals surface area contributed by atoms with Crippen LogP contribution in [0.4, 0.5) is 4.79 Å². The SMILES string of the molecule is O=C(O)N1CCC[C@H](COCCOCCO)C1. The van der Waals surface area contributed by atoms with Crippen molar-refractivity contribution in [3.05, 3.63) is 0 Å². The van der Waals surface area contributed by atoms with Crippen molar-refractivity contribution in [1.29, 1.82) is 0 Å². The number of ether oxygens (including phenoxy) is 2. The molecule has 1 fully saturated rings. The van der Waals surface area contributed by atoms with Crippen molar-refractivity contribution in [2.75, 3.05) is 46.1 Å². The van der Waals surface area contributed by atoms with Gasteiger partial charge in [-0.2, -0.15) is 0 Å². The number of piperidine rings is 1. The van der Waals surface area contributed by atoms with Gasteiger partial charge in [-0.3, -0.25) is 0 Å². The molecule has 1 aliphatic rings. The second-order valence-corrected chi connectivity index (χ2v) is 4.15. The molecule has 17 heavy (non-hydrogen) atoms. The minimum atomic E-state index is -0.846. The molecule has 6 heteroatoms. The number of hydrogen-bond acceptors (Lipinski definition) is 4. The maximum absolute atomic E-state index is 10.8. The standard InChI is InChI=1S/C11H21NO5/c13-4-5-16-6-7-17-9-10-2-1-3-12(8-10)11(14)15/h10,13H,1-9H2,(H,14,15)/t10-/m0/s1. The number of nitrogens with zero attached hydrogens (tertiary/aromatic N) is 1. The van der Waals surface area contributed by atoms with Crippen LogP contribution in [0.15, 0.2) is 0 Å². The Morgan fingerprint density at radius 1 is 1.29 bits per heavy atom. The van der Waals surface area contributed by atoms with Gasteiger partial charge in [0.15, 0.2) is 0 Å². The first kappa shape index (κ1) is 14.2. The Balaban J connectivity index is 2.04. The molecule has 6 nitrogen and oxygen atoms in total. The van der Waals surface area contributed by atoms with Crippen LogP contribution >= 0.6 is 0 Å². The molecule has 1 heterocycles. The van der Waals surface area contributed by atoms with Gasteiger partial charge in [-0.25, -0.2) is 4.79 Å². The van der Waals surface area contributed by atoms with E-state index in [1.165, 1.54) is 4.90 Å². The van der Waals surface area contributed by atoms with E-state index in [4.69, 9.17) is 19.7 Å². The van der Waals surface area contributed by atoms with Gasteiger partial charge in [0.25, 0.3) is 0 Å². The summed E-state index contributed by atoms with van der Waals surface area (Å²) >= 11 is 0. The van der Waals surface area contributed by atoms with Gasteiger partial charge in [0, 0.05) is 19.0 Å². The van der Waals surface area contributed by atoms with Crippen molar-refractivity contribution in [3.8, 4) is 0 Å². The Kier molecular flexibility index (Phi) is 6.91. The lowest BCUT2D eigenvalue weighted by Gasteiger charge is -2.30. The molecule has 0 radical (unpaired) electrons. The highest BCUT2D eigenvalue weighted by atomic mass is 16.5. The lowest BCUT2D eigenvalue weighted by molar-refractivity contribution is 0.0116. The lowest BCUT2D eigenvalue weighted by atomic mass is 9.99.